The highest BCUT2D eigenvalue weighted by molar-refractivity contribution is 7.91. The molecule has 1 aromatic carbocycles. The fourth-order valence-corrected chi connectivity index (χ4v) is 4.56. The summed E-state index contributed by atoms with van der Waals surface area (Å²) >= 11 is 0. The van der Waals surface area contributed by atoms with Crippen LogP contribution in [0.1, 0.15) is 24.5 Å². The Bertz CT molecular complexity index is 628. The van der Waals surface area contributed by atoms with Crippen LogP contribution >= 0.6 is 0 Å². The Labute approximate surface area is 118 Å². The molecule has 0 bridgehead atoms. The molecule has 1 atom stereocenters. The molecule has 1 fully saturated rings. The molecule has 2 rings (SSSR count). The first kappa shape index (κ1) is 14.8. The SMILES string of the molecule is CC1(NCc2ccccc2C(N)=NO)CCS(=O)(=O)C1. The molecule has 0 saturated carbocycles. The van der Waals surface area contributed by atoms with Crippen molar-refractivity contribution in [3.8, 4) is 0 Å². The van der Waals surface area contributed by atoms with E-state index in [0.717, 1.165) is 5.56 Å². The first-order valence-corrected chi connectivity index (χ1v) is 8.19. The number of hydrogen-bond acceptors (Lipinski definition) is 5. The van der Waals surface area contributed by atoms with Crippen LogP contribution < -0.4 is 11.1 Å². The van der Waals surface area contributed by atoms with Gasteiger partial charge in [0, 0.05) is 17.6 Å². The van der Waals surface area contributed by atoms with E-state index in [4.69, 9.17) is 10.9 Å². The van der Waals surface area contributed by atoms with Gasteiger partial charge in [-0.2, -0.15) is 0 Å². The minimum atomic E-state index is -2.94. The maximum absolute atomic E-state index is 11.6. The van der Waals surface area contributed by atoms with Gasteiger partial charge < -0.3 is 16.3 Å². The van der Waals surface area contributed by atoms with Crippen molar-refractivity contribution in [2.45, 2.75) is 25.4 Å². The van der Waals surface area contributed by atoms with Crippen molar-refractivity contribution in [1.29, 1.82) is 0 Å². The molecule has 6 nitrogen and oxygen atoms in total. The van der Waals surface area contributed by atoms with Gasteiger partial charge in [0.2, 0.25) is 0 Å². The summed E-state index contributed by atoms with van der Waals surface area (Å²) in [7, 11) is -2.94. The minimum absolute atomic E-state index is 0.0478. The topological polar surface area (TPSA) is 105 Å². The number of nitrogens with two attached hydrogens (primary N) is 1. The van der Waals surface area contributed by atoms with Gasteiger partial charge in [-0.3, -0.25) is 0 Å². The Kier molecular flexibility index (Phi) is 4.01. The third kappa shape index (κ3) is 3.29. The summed E-state index contributed by atoms with van der Waals surface area (Å²) in [5.74, 6) is 0.413. The molecular formula is C13H19N3O3S. The predicted octanol–water partition coefficient (Wildman–Crippen LogP) is 0.448. The van der Waals surface area contributed by atoms with Gasteiger partial charge in [-0.15, -0.1) is 0 Å². The van der Waals surface area contributed by atoms with Crippen LogP contribution in [0.25, 0.3) is 0 Å². The molecule has 1 aliphatic rings. The van der Waals surface area contributed by atoms with E-state index in [1.165, 1.54) is 0 Å². The molecule has 1 saturated heterocycles. The molecule has 0 spiro atoms. The quantitative estimate of drug-likeness (QED) is 0.324. The number of sulfone groups is 1. The van der Waals surface area contributed by atoms with Crippen LogP contribution in [0, 0.1) is 0 Å². The highest BCUT2D eigenvalue weighted by Gasteiger charge is 2.37. The minimum Gasteiger partial charge on any atom is -0.409 e. The zero-order chi connectivity index (χ0) is 14.8. The smallest absolute Gasteiger partial charge is 0.170 e. The number of nitrogens with one attached hydrogen (secondary N) is 1. The average molecular weight is 297 g/mol. The second kappa shape index (κ2) is 5.41. The van der Waals surface area contributed by atoms with Crippen LogP contribution in [0.5, 0.6) is 0 Å². The zero-order valence-electron chi connectivity index (χ0n) is 11.3. The van der Waals surface area contributed by atoms with E-state index in [1.54, 1.807) is 12.1 Å². The van der Waals surface area contributed by atoms with E-state index in [1.807, 2.05) is 19.1 Å². The lowest BCUT2D eigenvalue weighted by molar-refractivity contribution is 0.318. The van der Waals surface area contributed by atoms with Gasteiger partial charge in [-0.1, -0.05) is 29.4 Å². The van der Waals surface area contributed by atoms with Crippen molar-refractivity contribution in [2.24, 2.45) is 10.9 Å². The van der Waals surface area contributed by atoms with Gasteiger partial charge >= 0.3 is 0 Å². The van der Waals surface area contributed by atoms with Crippen molar-refractivity contribution in [3.63, 3.8) is 0 Å². The first-order valence-electron chi connectivity index (χ1n) is 6.36. The lowest BCUT2D eigenvalue weighted by Crippen LogP contribution is -2.43. The average Bonchev–Trinajstić information content (AvgIpc) is 2.70. The fraction of sp³-hybridized carbons (Fsp3) is 0.462. The van der Waals surface area contributed by atoms with Crippen molar-refractivity contribution in [1.82, 2.24) is 5.32 Å². The number of amidine groups is 1. The third-order valence-electron chi connectivity index (χ3n) is 3.61. The number of hydrogen-bond donors (Lipinski definition) is 3. The monoisotopic (exact) mass is 297 g/mol. The lowest BCUT2D eigenvalue weighted by Gasteiger charge is -2.24. The molecular weight excluding hydrogens is 278 g/mol. The molecule has 1 aliphatic heterocycles. The highest BCUT2D eigenvalue weighted by atomic mass is 32.2. The molecule has 7 heteroatoms. The normalized spacial score (nSPS) is 25.8. The summed E-state index contributed by atoms with van der Waals surface area (Å²) in [6, 6.07) is 7.30. The van der Waals surface area contributed by atoms with E-state index in [2.05, 4.69) is 10.5 Å². The van der Waals surface area contributed by atoms with Crippen LogP contribution in [0.15, 0.2) is 29.4 Å². The summed E-state index contributed by atoms with van der Waals surface area (Å²) < 4.78 is 23.1. The molecule has 1 unspecified atom stereocenters. The van der Waals surface area contributed by atoms with Gasteiger partial charge in [0.25, 0.3) is 0 Å². The summed E-state index contributed by atoms with van der Waals surface area (Å²) in [6.07, 6.45) is 0.598. The molecule has 0 aliphatic carbocycles. The number of benzene rings is 1. The summed E-state index contributed by atoms with van der Waals surface area (Å²) in [4.78, 5) is 0. The van der Waals surface area contributed by atoms with Gasteiger partial charge in [-0.25, -0.2) is 8.42 Å². The Balaban J connectivity index is 2.13. The van der Waals surface area contributed by atoms with Gasteiger partial charge in [-0.05, 0) is 18.9 Å². The molecule has 4 N–H and O–H groups in total. The van der Waals surface area contributed by atoms with Crippen molar-refractivity contribution >= 4 is 15.7 Å². The van der Waals surface area contributed by atoms with Crippen LogP contribution in [-0.4, -0.2) is 36.5 Å². The Hall–Kier alpha value is -1.60. The van der Waals surface area contributed by atoms with Crippen LogP contribution in [0.3, 0.4) is 0 Å². The first-order chi connectivity index (χ1) is 9.35. The number of oxime groups is 1. The Morgan fingerprint density at radius 2 is 2.20 bits per heavy atom. The summed E-state index contributed by atoms with van der Waals surface area (Å²) in [5.41, 5.74) is 6.73. The van der Waals surface area contributed by atoms with Crippen LogP contribution in [0.4, 0.5) is 0 Å². The van der Waals surface area contributed by atoms with Gasteiger partial charge in [0.1, 0.15) is 0 Å². The Morgan fingerprint density at radius 1 is 1.50 bits per heavy atom. The fourth-order valence-electron chi connectivity index (χ4n) is 2.44. The highest BCUT2D eigenvalue weighted by Crippen LogP contribution is 2.23. The van der Waals surface area contributed by atoms with Gasteiger partial charge in [0.05, 0.1) is 11.5 Å². The molecule has 1 aromatic rings. The third-order valence-corrected chi connectivity index (χ3v) is 5.51. The maximum Gasteiger partial charge on any atom is 0.170 e. The molecule has 20 heavy (non-hydrogen) atoms. The number of nitrogens with zero attached hydrogens (tertiary/aromatic N) is 1. The number of rotatable bonds is 4. The molecule has 0 aromatic heterocycles. The largest absolute Gasteiger partial charge is 0.409 e. The van der Waals surface area contributed by atoms with E-state index in [9.17, 15) is 8.42 Å². The van der Waals surface area contributed by atoms with Crippen molar-refractivity contribution in [3.05, 3.63) is 35.4 Å². The molecule has 110 valence electrons. The second-order valence-electron chi connectivity index (χ2n) is 5.40. The van der Waals surface area contributed by atoms with E-state index >= 15 is 0 Å². The van der Waals surface area contributed by atoms with E-state index < -0.39 is 15.4 Å². The lowest BCUT2D eigenvalue weighted by atomic mass is 10.0. The summed E-state index contributed by atoms with van der Waals surface area (Å²) in [5, 5.41) is 15.1. The maximum atomic E-state index is 11.6. The van der Waals surface area contributed by atoms with Crippen molar-refractivity contribution < 1.29 is 13.6 Å². The predicted molar refractivity (Wildman–Crippen MR) is 77.5 cm³/mol. The van der Waals surface area contributed by atoms with Crippen LogP contribution in [0.2, 0.25) is 0 Å². The van der Waals surface area contributed by atoms with Crippen LogP contribution in [-0.2, 0) is 16.4 Å². The summed E-state index contributed by atoms with van der Waals surface area (Å²) in [6.45, 7) is 2.38. The van der Waals surface area contributed by atoms with E-state index in [0.29, 0.717) is 18.5 Å². The standard InChI is InChI=1S/C13H19N3O3S/c1-13(6-7-20(18,19)9-13)15-8-10-4-2-3-5-11(10)12(14)16-17/h2-5,15,17H,6-9H2,1H3,(H2,14,16). The van der Waals surface area contributed by atoms with E-state index in [-0.39, 0.29) is 17.3 Å². The van der Waals surface area contributed by atoms with Crippen molar-refractivity contribution in [2.75, 3.05) is 11.5 Å². The molecule has 1 heterocycles. The molecule has 0 radical (unpaired) electrons. The molecule has 0 amide bonds. The van der Waals surface area contributed by atoms with Gasteiger partial charge in [0.15, 0.2) is 15.7 Å². The zero-order valence-corrected chi connectivity index (χ0v) is 12.2. The second-order valence-corrected chi connectivity index (χ2v) is 7.58. The Morgan fingerprint density at radius 3 is 2.80 bits per heavy atom.